The minimum atomic E-state index is -1.01. The third-order valence-electron chi connectivity index (χ3n) is 1.60. The van der Waals surface area contributed by atoms with E-state index < -0.39 is 23.6 Å². The molecule has 76 valence electrons. The first kappa shape index (κ1) is 10.6. The molecule has 0 spiro atoms. The summed E-state index contributed by atoms with van der Waals surface area (Å²) >= 11 is 0. The van der Waals surface area contributed by atoms with Gasteiger partial charge in [-0.3, -0.25) is 4.79 Å². The Morgan fingerprint density at radius 2 is 2.07 bits per heavy atom. The molecule has 1 aromatic carbocycles. The molecule has 14 heavy (non-hydrogen) atoms. The van der Waals surface area contributed by atoms with Crippen LogP contribution in [0.15, 0.2) is 18.2 Å². The van der Waals surface area contributed by atoms with Gasteiger partial charge in [0.05, 0.1) is 6.04 Å². The summed E-state index contributed by atoms with van der Waals surface area (Å²) in [5.74, 6) is -2.41. The molecule has 1 rings (SSSR count). The van der Waals surface area contributed by atoms with Crippen molar-refractivity contribution in [1.29, 1.82) is 0 Å². The predicted molar refractivity (Wildman–Crippen MR) is 48.6 cm³/mol. The first-order valence-corrected chi connectivity index (χ1v) is 4.02. The molecule has 0 aliphatic heterocycles. The molecule has 5 heteroatoms. The van der Waals surface area contributed by atoms with E-state index in [1.54, 1.807) is 0 Å². The van der Waals surface area contributed by atoms with E-state index in [9.17, 15) is 13.6 Å². The molecule has 1 atom stereocenters. The van der Waals surface area contributed by atoms with Gasteiger partial charge in [0.2, 0.25) is 5.91 Å². The van der Waals surface area contributed by atoms with Crippen LogP contribution < -0.4 is 11.1 Å². The van der Waals surface area contributed by atoms with E-state index in [1.807, 2.05) is 0 Å². The van der Waals surface area contributed by atoms with Gasteiger partial charge in [0.25, 0.3) is 0 Å². The minimum absolute atomic E-state index is 0.186. The molecular formula is C9H10F2N2O. The summed E-state index contributed by atoms with van der Waals surface area (Å²) in [5, 5.41) is 2.34. The Kier molecular flexibility index (Phi) is 3.14. The van der Waals surface area contributed by atoms with E-state index >= 15 is 0 Å². The zero-order valence-electron chi connectivity index (χ0n) is 7.55. The second-order valence-electron chi connectivity index (χ2n) is 2.91. The van der Waals surface area contributed by atoms with Gasteiger partial charge in [-0.1, -0.05) is 0 Å². The van der Waals surface area contributed by atoms with Crippen LogP contribution in [0.1, 0.15) is 6.92 Å². The van der Waals surface area contributed by atoms with E-state index in [1.165, 1.54) is 13.0 Å². The van der Waals surface area contributed by atoms with Crippen LogP contribution in [0.5, 0.6) is 0 Å². The van der Waals surface area contributed by atoms with Crippen LogP contribution in [0.3, 0.4) is 0 Å². The summed E-state index contributed by atoms with van der Waals surface area (Å²) in [7, 11) is 0. The highest BCUT2D eigenvalue weighted by Gasteiger charge is 2.09. The van der Waals surface area contributed by atoms with Crippen LogP contribution >= 0.6 is 0 Å². The summed E-state index contributed by atoms with van der Waals surface area (Å²) in [6, 6.07) is 2.41. The largest absolute Gasteiger partial charge is 0.325 e. The predicted octanol–water partition coefficient (Wildman–Crippen LogP) is 1.25. The molecule has 3 N–H and O–H groups in total. The first-order valence-electron chi connectivity index (χ1n) is 4.02. The molecule has 1 amide bonds. The number of halogens is 2. The van der Waals surface area contributed by atoms with Gasteiger partial charge in [-0.25, -0.2) is 8.78 Å². The van der Waals surface area contributed by atoms with Crippen molar-refractivity contribution in [3.05, 3.63) is 29.8 Å². The lowest BCUT2D eigenvalue weighted by Gasteiger charge is -2.07. The van der Waals surface area contributed by atoms with Crippen molar-refractivity contribution in [3.63, 3.8) is 0 Å². The summed E-state index contributed by atoms with van der Waals surface area (Å²) < 4.78 is 25.2. The average Bonchev–Trinajstić information content (AvgIpc) is 2.11. The minimum Gasteiger partial charge on any atom is -0.325 e. The van der Waals surface area contributed by atoms with Crippen molar-refractivity contribution in [2.24, 2.45) is 5.73 Å². The average molecular weight is 200 g/mol. The van der Waals surface area contributed by atoms with E-state index in [-0.39, 0.29) is 5.69 Å². The highest BCUT2D eigenvalue weighted by Crippen LogP contribution is 2.12. The van der Waals surface area contributed by atoms with Crippen LogP contribution in [0.25, 0.3) is 0 Å². The van der Waals surface area contributed by atoms with Crippen LogP contribution in [-0.2, 0) is 4.79 Å². The highest BCUT2D eigenvalue weighted by atomic mass is 19.2. The monoisotopic (exact) mass is 200 g/mol. The highest BCUT2D eigenvalue weighted by molar-refractivity contribution is 5.94. The fourth-order valence-electron chi connectivity index (χ4n) is 0.830. The van der Waals surface area contributed by atoms with Gasteiger partial charge in [-0.15, -0.1) is 0 Å². The molecule has 1 aromatic rings. The van der Waals surface area contributed by atoms with Crippen molar-refractivity contribution in [1.82, 2.24) is 0 Å². The first-order chi connectivity index (χ1) is 6.50. The zero-order valence-corrected chi connectivity index (χ0v) is 7.55. The second kappa shape index (κ2) is 4.15. The van der Waals surface area contributed by atoms with Gasteiger partial charge < -0.3 is 11.1 Å². The van der Waals surface area contributed by atoms with Gasteiger partial charge >= 0.3 is 0 Å². The molecule has 0 radical (unpaired) electrons. The Morgan fingerprint density at radius 1 is 1.43 bits per heavy atom. The standard InChI is InChI=1S/C9H10F2N2O/c1-5(12)9(14)13-6-2-3-7(10)8(11)4-6/h2-5H,12H2,1H3,(H,13,14). The molecule has 0 aliphatic rings. The summed E-state index contributed by atoms with van der Waals surface area (Å²) in [6.07, 6.45) is 0. The number of carbonyl (C=O) groups excluding carboxylic acids is 1. The fraction of sp³-hybridized carbons (Fsp3) is 0.222. The van der Waals surface area contributed by atoms with E-state index in [0.717, 1.165) is 12.1 Å². The molecule has 1 unspecified atom stereocenters. The molecule has 0 saturated carbocycles. The van der Waals surface area contributed by atoms with E-state index in [4.69, 9.17) is 5.73 Å². The smallest absolute Gasteiger partial charge is 0.241 e. The molecule has 0 aliphatic carbocycles. The Labute approximate surface area is 79.9 Å². The number of hydrogen-bond acceptors (Lipinski definition) is 2. The SMILES string of the molecule is CC(N)C(=O)Nc1ccc(F)c(F)c1. The molecule has 0 fully saturated rings. The Balaban J connectivity index is 2.78. The molecular weight excluding hydrogens is 190 g/mol. The lowest BCUT2D eigenvalue weighted by Crippen LogP contribution is -2.32. The maximum absolute atomic E-state index is 12.7. The fourth-order valence-corrected chi connectivity index (χ4v) is 0.830. The Hall–Kier alpha value is -1.49. The Bertz CT molecular complexity index is 353. The number of hydrogen-bond donors (Lipinski definition) is 2. The maximum atomic E-state index is 12.7. The van der Waals surface area contributed by atoms with Gasteiger partial charge in [-0.05, 0) is 19.1 Å². The number of carbonyl (C=O) groups is 1. The molecule has 0 heterocycles. The second-order valence-corrected chi connectivity index (χ2v) is 2.91. The van der Waals surface area contributed by atoms with Gasteiger partial charge in [-0.2, -0.15) is 0 Å². The lowest BCUT2D eigenvalue weighted by atomic mass is 10.2. The number of nitrogens with one attached hydrogen (secondary N) is 1. The molecule has 0 aromatic heterocycles. The van der Waals surface area contributed by atoms with Gasteiger partial charge in [0.15, 0.2) is 11.6 Å². The maximum Gasteiger partial charge on any atom is 0.241 e. The van der Waals surface area contributed by atoms with Gasteiger partial charge in [0.1, 0.15) is 0 Å². The van der Waals surface area contributed by atoms with Crippen molar-refractivity contribution in [3.8, 4) is 0 Å². The third kappa shape index (κ3) is 2.50. The topological polar surface area (TPSA) is 55.1 Å². The summed E-state index contributed by atoms with van der Waals surface area (Å²) in [5.41, 5.74) is 5.46. The van der Waals surface area contributed by atoms with Crippen molar-refractivity contribution >= 4 is 11.6 Å². The number of rotatable bonds is 2. The molecule has 0 saturated heterocycles. The van der Waals surface area contributed by atoms with Crippen molar-refractivity contribution in [2.45, 2.75) is 13.0 Å². The molecule has 0 bridgehead atoms. The van der Waals surface area contributed by atoms with E-state index in [2.05, 4.69) is 5.32 Å². The van der Waals surface area contributed by atoms with Crippen molar-refractivity contribution in [2.75, 3.05) is 5.32 Å². The molecule has 3 nitrogen and oxygen atoms in total. The number of anilines is 1. The lowest BCUT2D eigenvalue weighted by molar-refractivity contribution is -0.117. The van der Waals surface area contributed by atoms with Crippen LogP contribution in [0.4, 0.5) is 14.5 Å². The quantitative estimate of drug-likeness (QED) is 0.754. The third-order valence-corrected chi connectivity index (χ3v) is 1.60. The number of amides is 1. The summed E-state index contributed by atoms with van der Waals surface area (Å²) in [6.45, 7) is 1.50. The number of benzene rings is 1. The normalized spacial score (nSPS) is 12.3. The summed E-state index contributed by atoms with van der Waals surface area (Å²) in [4.78, 5) is 11.1. The van der Waals surface area contributed by atoms with Crippen LogP contribution in [0.2, 0.25) is 0 Å². The van der Waals surface area contributed by atoms with E-state index in [0.29, 0.717) is 0 Å². The number of nitrogens with two attached hydrogens (primary N) is 1. The van der Waals surface area contributed by atoms with Crippen LogP contribution in [0, 0.1) is 11.6 Å². The zero-order chi connectivity index (χ0) is 10.7. The van der Waals surface area contributed by atoms with Gasteiger partial charge in [0, 0.05) is 11.8 Å². The Morgan fingerprint density at radius 3 is 2.57 bits per heavy atom. The van der Waals surface area contributed by atoms with Crippen molar-refractivity contribution < 1.29 is 13.6 Å². The van der Waals surface area contributed by atoms with Crippen LogP contribution in [-0.4, -0.2) is 11.9 Å².